The maximum absolute atomic E-state index is 12.2. The molecule has 0 aliphatic heterocycles. The van der Waals surface area contributed by atoms with Crippen molar-refractivity contribution >= 4 is 10.0 Å². The Kier molecular flexibility index (Phi) is 4.30. The second-order valence-electron chi connectivity index (χ2n) is 4.49. The minimum atomic E-state index is -3.50. The molecule has 0 heterocycles. The first kappa shape index (κ1) is 14.2. The molecule has 0 bridgehead atoms. The number of nitrogens with two attached hydrogens (primary N) is 1. The quantitative estimate of drug-likeness (QED) is 0.836. The van der Waals surface area contributed by atoms with Crippen LogP contribution >= 0.6 is 0 Å². The van der Waals surface area contributed by atoms with E-state index < -0.39 is 15.6 Å². The lowest BCUT2D eigenvalue weighted by atomic mass is 10.0. The zero-order valence-corrected chi connectivity index (χ0v) is 11.3. The maximum atomic E-state index is 12.2. The van der Waals surface area contributed by atoms with Gasteiger partial charge in [-0.1, -0.05) is 25.1 Å². The lowest BCUT2D eigenvalue weighted by Crippen LogP contribution is -2.50. The molecular weight excluding hydrogens is 236 g/mol. The first-order valence-corrected chi connectivity index (χ1v) is 7.12. The van der Waals surface area contributed by atoms with Crippen LogP contribution in [0.25, 0.3) is 0 Å². The van der Waals surface area contributed by atoms with E-state index >= 15 is 0 Å². The molecule has 1 atom stereocenters. The number of rotatable bonds is 5. The van der Waals surface area contributed by atoms with Crippen LogP contribution in [0.1, 0.15) is 25.8 Å². The molecule has 0 aliphatic rings. The van der Waals surface area contributed by atoms with Crippen LogP contribution in [-0.4, -0.2) is 20.5 Å². The van der Waals surface area contributed by atoms with Gasteiger partial charge in [-0.15, -0.1) is 0 Å². The first-order chi connectivity index (χ1) is 7.84. The highest BCUT2D eigenvalue weighted by Gasteiger charge is 2.28. The predicted molar refractivity (Wildman–Crippen MR) is 69.3 cm³/mol. The topological polar surface area (TPSA) is 72.2 Å². The Morgan fingerprint density at radius 2 is 1.94 bits per heavy atom. The Morgan fingerprint density at radius 1 is 1.35 bits per heavy atom. The number of hydrogen-bond donors (Lipinski definition) is 2. The zero-order chi connectivity index (χ0) is 13.1. The lowest BCUT2D eigenvalue weighted by molar-refractivity contribution is 0.411. The van der Waals surface area contributed by atoms with Crippen LogP contribution < -0.4 is 10.5 Å². The summed E-state index contributed by atoms with van der Waals surface area (Å²) in [6, 6.07) is 6.91. The van der Waals surface area contributed by atoms with Crippen LogP contribution in [0.4, 0.5) is 0 Å². The summed E-state index contributed by atoms with van der Waals surface area (Å²) in [6.45, 7) is 5.77. The monoisotopic (exact) mass is 256 g/mol. The predicted octanol–water partition coefficient (Wildman–Crippen LogP) is 1.40. The minimum absolute atomic E-state index is 0.272. The molecular formula is C12H20N2O2S. The Morgan fingerprint density at radius 3 is 2.41 bits per heavy atom. The molecule has 3 N–H and O–H groups in total. The van der Waals surface area contributed by atoms with E-state index in [9.17, 15) is 8.42 Å². The van der Waals surface area contributed by atoms with Crippen LogP contribution in [0.3, 0.4) is 0 Å². The highest BCUT2D eigenvalue weighted by Crippen LogP contribution is 2.18. The van der Waals surface area contributed by atoms with Crippen LogP contribution in [0, 0.1) is 6.92 Å². The summed E-state index contributed by atoms with van der Waals surface area (Å²) in [5.74, 6) is 0. The zero-order valence-electron chi connectivity index (χ0n) is 10.5. The van der Waals surface area contributed by atoms with E-state index in [0.717, 1.165) is 5.56 Å². The summed E-state index contributed by atoms with van der Waals surface area (Å²) in [5.41, 5.74) is 5.75. The number of benzene rings is 1. The van der Waals surface area contributed by atoms with E-state index in [0.29, 0.717) is 11.3 Å². The second kappa shape index (κ2) is 5.16. The molecule has 0 aromatic heterocycles. The van der Waals surface area contributed by atoms with E-state index in [-0.39, 0.29) is 6.54 Å². The van der Waals surface area contributed by atoms with Gasteiger partial charge in [0.25, 0.3) is 0 Å². The maximum Gasteiger partial charge on any atom is 0.241 e. The average molecular weight is 256 g/mol. The van der Waals surface area contributed by atoms with Gasteiger partial charge in [0.05, 0.1) is 4.90 Å². The number of nitrogens with one attached hydrogen (secondary N) is 1. The van der Waals surface area contributed by atoms with Crippen molar-refractivity contribution in [3.63, 3.8) is 0 Å². The third-order valence-electron chi connectivity index (χ3n) is 2.99. The molecule has 1 aromatic carbocycles. The largest absolute Gasteiger partial charge is 0.329 e. The van der Waals surface area contributed by atoms with Crippen LogP contribution in [0.5, 0.6) is 0 Å². The Balaban J connectivity index is 3.10. The fourth-order valence-electron chi connectivity index (χ4n) is 1.50. The van der Waals surface area contributed by atoms with Gasteiger partial charge in [-0.3, -0.25) is 0 Å². The lowest BCUT2D eigenvalue weighted by Gasteiger charge is -2.27. The van der Waals surface area contributed by atoms with Gasteiger partial charge in [0.15, 0.2) is 0 Å². The molecule has 0 saturated carbocycles. The van der Waals surface area contributed by atoms with Crippen molar-refractivity contribution in [2.45, 2.75) is 37.6 Å². The number of sulfonamides is 1. The molecule has 4 nitrogen and oxygen atoms in total. The Labute approximate surface area is 103 Å². The molecule has 1 unspecified atom stereocenters. The van der Waals surface area contributed by atoms with E-state index in [1.165, 1.54) is 0 Å². The van der Waals surface area contributed by atoms with Crippen molar-refractivity contribution in [1.29, 1.82) is 0 Å². The van der Waals surface area contributed by atoms with Gasteiger partial charge < -0.3 is 5.73 Å². The number of hydrogen-bond acceptors (Lipinski definition) is 3. The molecule has 1 rings (SSSR count). The summed E-state index contributed by atoms with van der Waals surface area (Å²) in [7, 11) is -3.50. The standard InChI is InChI=1S/C12H20N2O2S/c1-4-12(3,9-13)14-17(15,16)11-8-6-5-7-10(11)2/h5-8,14H,4,9,13H2,1-3H3. The Bertz CT molecular complexity index is 479. The first-order valence-electron chi connectivity index (χ1n) is 5.64. The molecule has 5 heteroatoms. The summed E-state index contributed by atoms with van der Waals surface area (Å²) in [4.78, 5) is 0.313. The minimum Gasteiger partial charge on any atom is -0.329 e. The fraction of sp³-hybridized carbons (Fsp3) is 0.500. The van der Waals surface area contributed by atoms with Crippen molar-refractivity contribution in [2.75, 3.05) is 6.54 Å². The molecule has 0 radical (unpaired) electrons. The van der Waals surface area contributed by atoms with Gasteiger partial charge in [-0.25, -0.2) is 13.1 Å². The van der Waals surface area contributed by atoms with Gasteiger partial charge >= 0.3 is 0 Å². The SMILES string of the molecule is CCC(C)(CN)NS(=O)(=O)c1ccccc1C. The van der Waals surface area contributed by atoms with Crippen LogP contribution in [0.15, 0.2) is 29.2 Å². The van der Waals surface area contributed by atoms with Gasteiger partial charge in [0, 0.05) is 12.1 Å². The molecule has 0 aliphatic carbocycles. The van der Waals surface area contributed by atoms with E-state index in [4.69, 9.17) is 5.73 Å². The van der Waals surface area contributed by atoms with Crippen molar-refractivity contribution < 1.29 is 8.42 Å². The third kappa shape index (κ3) is 3.28. The van der Waals surface area contributed by atoms with Gasteiger partial charge in [-0.2, -0.15) is 0 Å². The number of aryl methyl sites for hydroxylation is 1. The average Bonchev–Trinajstić information content (AvgIpc) is 2.28. The smallest absolute Gasteiger partial charge is 0.241 e. The van der Waals surface area contributed by atoms with Crippen molar-refractivity contribution in [3.05, 3.63) is 29.8 Å². The third-order valence-corrected chi connectivity index (χ3v) is 4.79. The molecule has 0 saturated heterocycles. The van der Waals surface area contributed by atoms with Crippen molar-refractivity contribution in [3.8, 4) is 0 Å². The molecule has 1 aromatic rings. The summed E-state index contributed by atoms with van der Waals surface area (Å²) in [6.07, 6.45) is 0.647. The van der Waals surface area contributed by atoms with E-state index in [1.807, 2.05) is 19.9 Å². The summed E-state index contributed by atoms with van der Waals surface area (Å²) in [5, 5.41) is 0. The molecule has 0 amide bonds. The molecule has 96 valence electrons. The highest BCUT2D eigenvalue weighted by molar-refractivity contribution is 7.89. The van der Waals surface area contributed by atoms with Crippen molar-refractivity contribution in [2.24, 2.45) is 5.73 Å². The van der Waals surface area contributed by atoms with Crippen molar-refractivity contribution in [1.82, 2.24) is 4.72 Å². The molecule has 0 fully saturated rings. The summed E-state index contributed by atoms with van der Waals surface area (Å²) < 4.78 is 27.1. The van der Waals surface area contributed by atoms with Gasteiger partial charge in [-0.05, 0) is 31.9 Å². The van der Waals surface area contributed by atoms with Gasteiger partial charge in [0.1, 0.15) is 0 Å². The van der Waals surface area contributed by atoms with Crippen LogP contribution in [0.2, 0.25) is 0 Å². The molecule has 0 spiro atoms. The van der Waals surface area contributed by atoms with E-state index in [1.54, 1.807) is 25.1 Å². The second-order valence-corrected chi connectivity index (χ2v) is 6.14. The van der Waals surface area contributed by atoms with Gasteiger partial charge in [0.2, 0.25) is 10.0 Å². The van der Waals surface area contributed by atoms with E-state index in [2.05, 4.69) is 4.72 Å². The molecule has 17 heavy (non-hydrogen) atoms. The van der Waals surface area contributed by atoms with Crippen LogP contribution in [-0.2, 0) is 10.0 Å². The highest BCUT2D eigenvalue weighted by atomic mass is 32.2. The Hall–Kier alpha value is -0.910. The summed E-state index contributed by atoms with van der Waals surface area (Å²) >= 11 is 0. The fourth-order valence-corrected chi connectivity index (χ4v) is 3.23. The normalized spacial score (nSPS) is 15.5.